The first-order valence-electron chi connectivity index (χ1n) is 15.7. The highest BCUT2D eigenvalue weighted by atomic mass is 16.2. The molecule has 1 N–H and O–H groups in total. The smallest absolute Gasteiger partial charge is 0.246 e. The summed E-state index contributed by atoms with van der Waals surface area (Å²) in [5.74, 6) is 0.801. The minimum atomic E-state index is -0.713. The van der Waals surface area contributed by atoms with Crippen molar-refractivity contribution in [2.24, 2.45) is 22.7 Å². The van der Waals surface area contributed by atoms with Crippen LogP contribution in [0.25, 0.3) is 0 Å². The summed E-state index contributed by atoms with van der Waals surface area (Å²) in [6.45, 7) is 24.6. The van der Waals surface area contributed by atoms with Crippen molar-refractivity contribution in [3.8, 4) is 0 Å². The van der Waals surface area contributed by atoms with Gasteiger partial charge in [0.05, 0.1) is 5.41 Å². The molecule has 3 amide bonds. The maximum Gasteiger partial charge on any atom is 0.246 e. The second-order valence-corrected chi connectivity index (χ2v) is 16.0. The molecule has 2 fully saturated rings. The Hall–Kier alpha value is -1.63. The molecule has 0 aliphatic carbocycles. The second-order valence-electron chi connectivity index (χ2n) is 16.0. The van der Waals surface area contributed by atoms with Crippen molar-refractivity contribution in [3.63, 3.8) is 0 Å². The van der Waals surface area contributed by atoms with Gasteiger partial charge in [0.25, 0.3) is 0 Å². The normalized spacial score (nSPS) is 25.6. The molecule has 0 bridgehead atoms. The molecular formula is C33H62N4O3. The molecule has 0 saturated carbocycles. The molecule has 2 saturated heterocycles. The molecule has 2 heterocycles. The maximum absolute atomic E-state index is 14.7. The van der Waals surface area contributed by atoms with Crippen molar-refractivity contribution in [1.29, 1.82) is 0 Å². The molecule has 2 rings (SSSR count). The van der Waals surface area contributed by atoms with Gasteiger partial charge in [-0.25, -0.2) is 0 Å². The van der Waals surface area contributed by atoms with Gasteiger partial charge in [0.1, 0.15) is 12.1 Å². The third-order valence-electron chi connectivity index (χ3n) is 10.3. The van der Waals surface area contributed by atoms with Crippen LogP contribution in [0, 0.1) is 22.7 Å². The molecule has 0 aromatic carbocycles. The van der Waals surface area contributed by atoms with E-state index in [1.807, 2.05) is 37.7 Å². The Labute approximate surface area is 246 Å². The van der Waals surface area contributed by atoms with Gasteiger partial charge in [-0.2, -0.15) is 0 Å². The first-order chi connectivity index (χ1) is 18.2. The molecule has 7 nitrogen and oxygen atoms in total. The number of nitrogens with one attached hydrogen (secondary N) is 1. The summed E-state index contributed by atoms with van der Waals surface area (Å²) in [6.07, 6.45) is 5.82. The monoisotopic (exact) mass is 562 g/mol. The molecule has 232 valence electrons. The lowest BCUT2D eigenvalue weighted by molar-refractivity contribution is -0.164. The van der Waals surface area contributed by atoms with Crippen LogP contribution in [0.1, 0.15) is 121 Å². The van der Waals surface area contributed by atoms with Crippen LogP contribution in [-0.2, 0) is 14.4 Å². The second kappa shape index (κ2) is 12.7. The van der Waals surface area contributed by atoms with E-state index in [4.69, 9.17) is 0 Å². The average Bonchev–Trinajstić information content (AvgIpc) is 2.91. The Balaban J connectivity index is 2.48. The van der Waals surface area contributed by atoms with Crippen LogP contribution in [0.15, 0.2) is 0 Å². The third kappa shape index (κ3) is 7.60. The summed E-state index contributed by atoms with van der Waals surface area (Å²) >= 11 is 0. The summed E-state index contributed by atoms with van der Waals surface area (Å²) in [6, 6.07) is -1.09. The van der Waals surface area contributed by atoms with Gasteiger partial charge in [0.15, 0.2) is 0 Å². The van der Waals surface area contributed by atoms with E-state index in [0.717, 1.165) is 32.1 Å². The summed E-state index contributed by atoms with van der Waals surface area (Å²) in [4.78, 5) is 48.7. The highest BCUT2D eigenvalue weighted by Gasteiger charge is 2.52. The predicted octanol–water partition coefficient (Wildman–Crippen LogP) is 5.72. The zero-order valence-electron chi connectivity index (χ0n) is 28.2. The quantitative estimate of drug-likeness (QED) is 0.365. The van der Waals surface area contributed by atoms with Crippen LogP contribution in [0.4, 0.5) is 0 Å². The van der Waals surface area contributed by atoms with Gasteiger partial charge in [0, 0.05) is 24.2 Å². The molecule has 3 atom stereocenters. The van der Waals surface area contributed by atoms with Crippen molar-refractivity contribution in [3.05, 3.63) is 0 Å². The molecule has 0 spiro atoms. The highest BCUT2D eigenvalue weighted by molar-refractivity contribution is 5.94. The fourth-order valence-corrected chi connectivity index (χ4v) is 6.94. The number of amides is 3. The van der Waals surface area contributed by atoms with E-state index in [1.54, 1.807) is 0 Å². The molecular weight excluding hydrogens is 500 g/mol. The van der Waals surface area contributed by atoms with Crippen LogP contribution in [0.5, 0.6) is 0 Å². The lowest BCUT2D eigenvalue weighted by atomic mass is 9.71. The van der Waals surface area contributed by atoms with Crippen LogP contribution >= 0.6 is 0 Å². The Morgan fingerprint density at radius 3 is 2.12 bits per heavy atom. The number of carbonyl (C=O) groups is 3. The van der Waals surface area contributed by atoms with Crippen molar-refractivity contribution in [2.45, 2.75) is 144 Å². The lowest BCUT2D eigenvalue weighted by Gasteiger charge is -2.51. The molecule has 2 aliphatic heterocycles. The topological polar surface area (TPSA) is 73.0 Å². The minimum Gasteiger partial charge on any atom is -0.354 e. The number of hydrogen-bond acceptors (Lipinski definition) is 4. The first-order valence-corrected chi connectivity index (χ1v) is 15.7. The fourth-order valence-electron chi connectivity index (χ4n) is 6.94. The third-order valence-corrected chi connectivity index (χ3v) is 10.3. The van der Waals surface area contributed by atoms with Crippen LogP contribution < -0.4 is 5.32 Å². The van der Waals surface area contributed by atoms with Crippen LogP contribution in [-0.4, -0.2) is 82.8 Å². The van der Waals surface area contributed by atoms with Gasteiger partial charge in [-0.1, -0.05) is 34.6 Å². The number of nitrogens with zero attached hydrogens (tertiary/aromatic N) is 3. The molecule has 3 unspecified atom stereocenters. The largest absolute Gasteiger partial charge is 0.354 e. The van der Waals surface area contributed by atoms with Crippen LogP contribution in [0.2, 0.25) is 0 Å². The summed E-state index contributed by atoms with van der Waals surface area (Å²) < 4.78 is 0. The Kier molecular flexibility index (Phi) is 11.0. The van der Waals surface area contributed by atoms with E-state index < -0.39 is 28.6 Å². The van der Waals surface area contributed by atoms with E-state index in [-0.39, 0.29) is 23.1 Å². The number of piperidine rings is 1. The molecule has 2 aliphatic rings. The van der Waals surface area contributed by atoms with Crippen molar-refractivity contribution in [1.82, 2.24) is 20.0 Å². The lowest BCUT2D eigenvalue weighted by Crippen LogP contribution is -2.66. The predicted molar refractivity (Wildman–Crippen MR) is 165 cm³/mol. The summed E-state index contributed by atoms with van der Waals surface area (Å²) in [5.41, 5.74) is -1.64. The maximum atomic E-state index is 14.7. The van der Waals surface area contributed by atoms with Gasteiger partial charge in [-0.05, 0) is 118 Å². The van der Waals surface area contributed by atoms with Gasteiger partial charge in [-0.15, -0.1) is 0 Å². The van der Waals surface area contributed by atoms with Gasteiger partial charge >= 0.3 is 0 Å². The zero-order valence-corrected chi connectivity index (χ0v) is 28.2. The van der Waals surface area contributed by atoms with Gasteiger partial charge in [0.2, 0.25) is 17.7 Å². The van der Waals surface area contributed by atoms with Crippen molar-refractivity contribution < 1.29 is 14.4 Å². The van der Waals surface area contributed by atoms with E-state index in [9.17, 15) is 14.4 Å². The molecule has 7 heteroatoms. The van der Waals surface area contributed by atoms with E-state index in [2.05, 4.69) is 72.5 Å². The standard InChI is InChI=1S/C33H62N4O3/c1-23(2)15-14-20-34-27(38)25-18-19-30(4,5)22-31(6,7)37(25)28(39)26-17-16-24(3)21-36(26)29(40)32(8,9)33(10,11)35(12)13/h23-26H,14-22H2,1-13H3,(H,34,38). The minimum absolute atomic E-state index is 0.00299. The number of rotatable bonds is 9. The van der Waals surface area contributed by atoms with Crippen molar-refractivity contribution >= 4 is 17.7 Å². The van der Waals surface area contributed by atoms with E-state index in [1.165, 1.54) is 0 Å². The highest BCUT2D eigenvalue weighted by Crippen LogP contribution is 2.43. The van der Waals surface area contributed by atoms with E-state index in [0.29, 0.717) is 37.8 Å². The van der Waals surface area contributed by atoms with Crippen molar-refractivity contribution in [2.75, 3.05) is 27.2 Å². The Bertz CT molecular complexity index is 905. The van der Waals surface area contributed by atoms with Crippen LogP contribution in [0.3, 0.4) is 0 Å². The Morgan fingerprint density at radius 2 is 1.57 bits per heavy atom. The number of carbonyl (C=O) groups excluding carboxylic acids is 3. The summed E-state index contributed by atoms with van der Waals surface area (Å²) in [5, 5.41) is 3.17. The fraction of sp³-hybridized carbons (Fsp3) is 0.909. The van der Waals surface area contributed by atoms with Gasteiger partial charge < -0.3 is 20.0 Å². The first kappa shape index (κ1) is 34.6. The SMILES string of the molecule is CC(C)CCCNC(=O)C1CCC(C)(C)CC(C)(C)N1C(=O)C1CCC(C)CN1C(=O)C(C)(C)C(C)(C)N(C)C. The van der Waals surface area contributed by atoms with Gasteiger partial charge in [-0.3, -0.25) is 14.4 Å². The molecule has 40 heavy (non-hydrogen) atoms. The summed E-state index contributed by atoms with van der Waals surface area (Å²) in [7, 11) is 4.00. The number of likely N-dealkylation sites (tertiary alicyclic amines) is 2. The Morgan fingerprint density at radius 1 is 0.975 bits per heavy atom. The molecule has 0 radical (unpaired) electrons. The molecule has 0 aromatic rings. The number of hydrogen-bond donors (Lipinski definition) is 1. The zero-order chi connectivity index (χ0) is 30.8. The average molecular weight is 563 g/mol. The molecule has 0 aromatic heterocycles. The van der Waals surface area contributed by atoms with E-state index >= 15 is 0 Å².